The maximum Gasteiger partial charge on any atom is 0.267 e. The fourth-order valence-corrected chi connectivity index (χ4v) is 5.86. The lowest BCUT2D eigenvalue weighted by Crippen LogP contribution is -2.31. The predicted octanol–water partition coefficient (Wildman–Crippen LogP) is 2.58. The Bertz CT molecular complexity index is 1010. The first-order valence-corrected chi connectivity index (χ1v) is 13.5. The van der Waals surface area contributed by atoms with E-state index < -0.39 is 21.2 Å². The Morgan fingerprint density at radius 1 is 1.31 bits per heavy atom. The highest BCUT2D eigenvalue weighted by Gasteiger charge is 2.24. The summed E-state index contributed by atoms with van der Waals surface area (Å²) in [6.07, 6.45) is 5.24. The van der Waals surface area contributed by atoms with Crippen LogP contribution in [0.1, 0.15) is 38.5 Å². The Balaban J connectivity index is 1.80. The zero-order valence-corrected chi connectivity index (χ0v) is 20.7. The molecule has 0 spiro atoms. The van der Waals surface area contributed by atoms with Gasteiger partial charge in [0.05, 0.1) is 18.5 Å². The van der Waals surface area contributed by atoms with E-state index in [1.165, 1.54) is 9.71 Å². The monoisotopic (exact) mass is 503 g/mol. The van der Waals surface area contributed by atoms with Crippen LogP contribution < -0.4 is 10.6 Å². The van der Waals surface area contributed by atoms with Crippen LogP contribution in [0.2, 0.25) is 0 Å². The third kappa shape index (κ3) is 7.22. The van der Waals surface area contributed by atoms with E-state index in [9.17, 15) is 17.7 Å². The van der Waals surface area contributed by atoms with Gasteiger partial charge >= 0.3 is 0 Å². The normalized spacial score (nSPS) is 17.1. The maximum atomic E-state index is 12.4. The van der Waals surface area contributed by atoms with E-state index in [0.717, 1.165) is 29.5 Å². The molecule has 2 heterocycles. The topological polar surface area (TPSA) is 137 Å². The summed E-state index contributed by atoms with van der Waals surface area (Å²) < 4.78 is 51.1. The zero-order valence-electron chi connectivity index (χ0n) is 18.3. The summed E-state index contributed by atoms with van der Waals surface area (Å²) in [7, 11) is -3.72. The summed E-state index contributed by atoms with van der Waals surface area (Å²) in [6.45, 7) is 7.04. The summed E-state index contributed by atoms with van der Waals surface area (Å²) >= 11 is -0.750. The van der Waals surface area contributed by atoms with Gasteiger partial charge in [-0.15, -0.1) is 4.40 Å². The van der Waals surface area contributed by atoms with Crippen molar-refractivity contribution in [2.75, 3.05) is 19.6 Å². The van der Waals surface area contributed by atoms with Crippen LogP contribution in [-0.4, -0.2) is 53.2 Å². The molecule has 2 rings (SSSR count). The van der Waals surface area contributed by atoms with Crippen LogP contribution in [0.3, 0.4) is 0 Å². The van der Waals surface area contributed by atoms with Gasteiger partial charge in [0.1, 0.15) is 12.0 Å². The molecule has 0 saturated heterocycles. The van der Waals surface area contributed by atoms with Gasteiger partial charge in [-0.2, -0.15) is 8.70 Å². The highest BCUT2D eigenvalue weighted by Crippen LogP contribution is 2.25. The lowest BCUT2D eigenvalue weighted by atomic mass is 10.2. The fourth-order valence-electron chi connectivity index (χ4n) is 2.73. The number of sulfonamides is 1. The molecule has 0 saturated carbocycles. The quantitative estimate of drug-likeness (QED) is 0.276. The van der Waals surface area contributed by atoms with Crippen molar-refractivity contribution in [2.24, 2.45) is 8.80 Å². The predicted molar refractivity (Wildman–Crippen MR) is 130 cm³/mol. The summed E-state index contributed by atoms with van der Waals surface area (Å²) in [5.74, 6) is 1.22. The zero-order chi connectivity index (χ0) is 23.6. The molecule has 0 radical (unpaired) electrons. The van der Waals surface area contributed by atoms with Crippen molar-refractivity contribution in [3.8, 4) is 0 Å². The van der Waals surface area contributed by atoms with Crippen LogP contribution >= 0.6 is 11.8 Å². The number of aryl methyl sites for hydroxylation is 1. The number of furan rings is 1. The molecule has 0 aliphatic carbocycles. The van der Waals surface area contributed by atoms with Gasteiger partial charge in [-0.3, -0.25) is 0 Å². The number of hydrogen-bond donors (Lipinski definition) is 3. The van der Waals surface area contributed by atoms with Crippen LogP contribution in [0.5, 0.6) is 0 Å². The van der Waals surface area contributed by atoms with Crippen LogP contribution in [0.15, 0.2) is 47.6 Å². The number of rotatable bonds is 13. The maximum absolute atomic E-state index is 12.4. The smallest absolute Gasteiger partial charge is 0.267 e. The molecule has 1 aliphatic rings. The number of aliphatic hydroxyl groups excluding tert-OH is 1. The number of hydrogen-bond acceptors (Lipinski definition) is 8. The average Bonchev–Trinajstić information content (AvgIpc) is 3.37. The molecule has 1 aromatic heterocycles. The minimum Gasteiger partial charge on any atom is -0.514 e. The Morgan fingerprint density at radius 3 is 2.69 bits per heavy atom. The minimum absolute atomic E-state index is 0.155. The second kappa shape index (κ2) is 12.8. The molecule has 32 heavy (non-hydrogen) atoms. The highest BCUT2D eigenvalue weighted by molar-refractivity contribution is 8.19. The van der Waals surface area contributed by atoms with Gasteiger partial charge in [0.25, 0.3) is 21.2 Å². The standard InChI is InChI=1S/C19H29N5O5S3/c1-4-15-11-16(29-14-15)12-21-19-17(22-31(26)23-19)7-8-20-9-10-30-18(13-25)32(27,28)24(5-2)6-3/h9-11,13-14,20,25H,4-8,12H2,1-3H3,(H,21,23)/b10-9+,18-13-. The van der Waals surface area contributed by atoms with Crippen LogP contribution in [0.4, 0.5) is 0 Å². The molecule has 13 heteroatoms. The minimum atomic E-state index is -3.72. The molecule has 0 bridgehead atoms. The fraction of sp³-hybridized carbons (Fsp3) is 0.474. The highest BCUT2D eigenvalue weighted by atomic mass is 32.3. The largest absolute Gasteiger partial charge is 0.514 e. The van der Waals surface area contributed by atoms with Crippen molar-refractivity contribution in [1.29, 1.82) is 0 Å². The van der Waals surface area contributed by atoms with Crippen LogP contribution in [-0.2, 0) is 34.2 Å². The molecular formula is C19H29N5O5S3. The Hall–Kier alpha value is -2.09. The number of amidine groups is 1. The molecule has 0 fully saturated rings. The molecule has 10 nitrogen and oxygen atoms in total. The molecule has 1 aliphatic heterocycles. The van der Waals surface area contributed by atoms with Crippen molar-refractivity contribution in [3.05, 3.63) is 45.8 Å². The SMILES string of the molecule is CCc1coc(CNC2=NS(=O)N=C2CCN/C=C/S/C(=C/O)S(=O)(=O)N(CC)CC)c1. The van der Waals surface area contributed by atoms with Gasteiger partial charge in [-0.1, -0.05) is 32.5 Å². The number of nitrogens with zero attached hydrogens (tertiary/aromatic N) is 3. The van der Waals surface area contributed by atoms with Crippen molar-refractivity contribution < 1.29 is 22.2 Å². The van der Waals surface area contributed by atoms with Crippen LogP contribution in [0, 0.1) is 0 Å². The van der Waals surface area contributed by atoms with E-state index >= 15 is 0 Å². The summed E-state index contributed by atoms with van der Waals surface area (Å²) in [6, 6.07) is 1.95. The summed E-state index contributed by atoms with van der Waals surface area (Å²) in [5, 5.41) is 17.0. The molecule has 3 N–H and O–H groups in total. The molecular weight excluding hydrogens is 474 g/mol. The van der Waals surface area contributed by atoms with E-state index in [4.69, 9.17) is 4.42 Å². The first-order valence-electron chi connectivity index (χ1n) is 10.1. The summed E-state index contributed by atoms with van der Waals surface area (Å²) in [5.41, 5.74) is 1.68. The third-order valence-electron chi connectivity index (χ3n) is 4.46. The van der Waals surface area contributed by atoms with Crippen LogP contribution in [0.25, 0.3) is 0 Å². The van der Waals surface area contributed by atoms with Gasteiger partial charge in [0.15, 0.2) is 10.1 Å². The van der Waals surface area contributed by atoms with E-state index in [2.05, 4.69) is 19.4 Å². The molecule has 1 aromatic rings. The Labute approximate surface area is 195 Å². The van der Waals surface area contributed by atoms with Gasteiger partial charge < -0.3 is 20.2 Å². The Morgan fingerprint density at radius 2 is 2.06 bits per heavy atom. The van der Waals surface area contributed by atoms with Gasteiger partial charge in [0, 0.05) is 32.3 Å². The van der Waals surface area contributed by atoms with Gasteiger partial charge in [-0.25, -0.2) is 12.6 Å². The molecule has 0 aromatic carbocycles. The lowest BCUT2D eigenvalue weighted by Gasteiger charge is -2.18. The number of thioether (sulfide) groups is 1. The molecule has 0 amide bonds. The lowest BCUT2D eigenvalue weighted by molar-refractivity contribution is 0.446. The second-order valence-corrected chi connectivity index (χ2v) is 10.4. The second-order valence-electron chi connectivity index (χ2n) is 6.50. The van der Waals surface area contributed by atoms with Gasteiger partial charge in [-0.05, 0) is 23.5 Å². The molecule has 178 valence electrons. The van der Waals surface area contributed by atoms with E-state index in [0.29, 0.717) is 50.4 Å². The first-order chi connectivity index (χ1) is 15.3. The summed E-state index contributed by atoms with van der Waals surface area (Å²) in [4.78, 5) is 0. The number of nitrogens with one attached hydrogen (secondary N) is 2. The Kier molecular flexibility index (Phi) is 10.5. The van der Waals surface area contributed by atoms with E-state index in [-0.39, 0.29) is 4.24 Å². The average molecular weight is 504 g/mol. The molecule has 1 atom stereocenters. The van der Waals surface area contributed by atoms with E-state index in [1.54, 1.807) is 26.3 Å². The first kappa shape index (κ1) is 26.2. The van der Waals surface area contributed by atoms with Crippen molar-refractivity contribution >= 4 is 44.5 Å². The van der Waals surface area contributed by atoms with Crippen molar-refractivity contribution in [1.82, 2.24) is 14.9 Å². The van der Waals surface area contributed by atoms with Crippen molar-refractivity contribution in [2.45, 2.75) is 40.2 Å². The van der Waals surface area contributed by atoms with Crippen molar-refractivity contribution in [3.63, 3.8) is 0 Å². The van der Waals surface area contributed by atoms with E-state index in [1.807, 2.05) is 13.0 Å². The third-order valence-corrected chi connectivity index (χ3v) is 8.51. The molecule has 1 unspecified atom stereocenters. The van der Waals surface area contributed by atoms with Gasteiger partial charge in [0.2, 0.25) is 0 Å². The number of aliphatic hydroxyl groups is 1.